The second-order valence-electron chi connectivity index (χ2n) is 3.71. The van der Waals surface area contributed by atoms with Crippen LogP contribution in [0.3, 0.4) is 0 Å². The van der Waals surface area contributed by atoms with Crippen LogP contribution in [0.25, 0.3) is 11.7 Å². The fourth-order valence-corrected chi connectivity index (χ4v) is 1.95. The average Bonchev–Trinajstić information content (AvgIpc) is 3.18. The largest absolute Gasteiger partial charge is 0.459 e. The number of rotatable bonds is 5. The van der Waals surface area contributed by atoms with Gasteiger partial charge in [0.1, 0.15) is 6.33 Å². The number of nitrogens with zero attached hydrogens (tertiary/aromatic N) is 4. The Labute approximate surface area is 120 Å². The highest BCUT2D eigenvalue weighted by molar-refractivity contribution is 7.99. The van der Waals surface area contributed by atoms with Crippen LogP contribution in [0.5, 0.6) is 0 Å². The minimum atomic E-state index is -0.536. The summed E-state index contributed by atoms with van der Waals surface area (Å²) in [6.45, 7) is 0. The van der Waals surface area contributed by atoms with Crippen molar-refractivity contribution in [2.75, 3.05) is 11.2 Å². The topological polar surface area (TPSA) is 132 Å². The summed E-state index contributed by atoms with van der Waals surface area (Å²) in [6, 6.07) is 3.38. The molecule has 0 fully saturated rings. The molecule has 0 aliphatic rings. The van der Waals surface area contributed by atoms with Gasteiger partial charge in [-0.2, -0.15) is 9.77 Å². The van der Waals surface area contributed by atoms with Gasteiger partial charge in [-0.15, -0.1) is 10.2 Å². The molecule has 11 heteroatoms. The molecule has 0 atom stereocenters. The molecule has 0 aliphatic carbocycles. The minimum Gasteiger partial charge on any atom is -0.459 e. The summed E-state index contributed by atoms with van der Waals surface area (Å²) in [5.41, 5.74) is 1.80. The Morgan fingerprint density at radius 3 is 3.10 bits per heavy atom. The number of carbonyl (C=O) groups is 1. The maximum atomic E-state index is 11.6. The molecule has 3 rings (SSSR count). The predicted octanol–water partition coefficient (Wildman–Crippen LogP) is 0.0768. The number of aromatic nitrogens is 5. The van der Waals surface area contributed by atoms with E-state index in [9.17, 15) is 9.59 Å². The molecule has 1 amide bonds. The van der Waals surface area contributed by atoms with Crippen LogP contribution in [0.15, 0.2) is 43.6 Å². The van der Waals surface area contributed by atoms with Gasteiger partial charge < -0.3 is 8.83 Å². The van der Waals surface area contributed by atoms with E-state index in [1.807, 2.05) is 0 Å². The number of carbonyl (C=O) groups excluding carboxylic acids is 1. The highest BCUT2D eigenvalue weighted by Crippen LogP contribution is 2.23. The Hall–Kier alpha value is -2.82. The molecule has 3 aromatic rings. The number of thioether (sulfide) groups is 1. The summed E-state index contributed by atoms with van der Waals surface area (Å²) in [7, 11) is 0. The molecule has 0 bridgehead atoms. The average molecular weight is 308 g/mol. The zero-order valence-electron chi connectivity index (χ0n) is 10.3. The van der Waals surface area contributed by atoms with Crippen LogP contribution in [0, 0.1) is 0 Å². The van der Waals surface area contributed by atoms with E-state index in [-0.39, 0.29) is 16.9 Å². The number of H-pyrrole nitrogens is 1. The lowest BCUT2D eigenvalue weighted by Gasteiger charge is -2.01. The van der Waals surface area contributed by atoms with Crippen molar-refractivity contribution in [3.8, 4) is 11.7 Å². The molecule has 0 unspecified atom stereocenters. The third-order valence-electron chi connectivity index (χ3n) is 2.26. The summed E-state index contributed by atoms with van der Waals surface area (Å²) in [6.07, 6.45) is 2.65. The Kier molecular flexibility index (Phi) is 3.55. The molecular weight excluding hydrogens is 300 g/mol. The molecule has 108 valence electrons. The van der Waals surface area contributed by atoms with Crippen LogP contribution < -0.4 is 11.1 Å². The number of nitrogens with one attached hydrogen (secondary N) is 2. The molecular formula is C10H8N6O4S. The van der Waals surface area contributed by atoms with Crippen LogP contribution in [-0.4, -0.2) is 36.7 Å². The van der Waals surface area contributed by atoms with Crippen molar-refractivity contribution in [1.29, 1.82) is 0 Å². The van der Waals surface area contributed by atoms with Crippen molar-refractivity contribution in [3.63, 3.8) is 0 Å². The van der Waals surface area contributed by atoms with E-state index in [1.165, 1.54) is 6.26 Å². The van der Waals surface area contributed by atoms with Crippen LogP contribution >= 0.6 is 11.8 Å². The zero-order chi connectivity index (χ0) is 14.7. The first-order chi connectivity index (χ1) is 10.2. The fourth-order valence-electron chi connectivity index (χ4n) is 1.39. The summed E-state index contributed by atoms with van der Waals surface area (Å²) < 4.78 is 11.4. The normalized spacial score (nSPS) is 10.7. The number of aromatic amines is 1. The maximum absolute atomic E-state index is 11.6. The van der Waals surface area contributed by atoms with Crippen LogP contribution in [0.1, 0.15) is 0 Å². The Bertz CT molecular complexity index is 788. The first-order valence-electron chi connectivity index (χ1n) is 5.64. The van der Waals surface area contributed by atoms with E-state index in [1.54, 1.807) is 12.1 Å². The molecule has 10 nitrogen and oxygen atoms in total. The van der Waals surface area contributed by atoms with Gasteiger partial charge >= 0.3 is 5.69 Å². The smallest absolute Gasteiger partial charge is 0.362 e. The standard InChI is InChI=1S/C10H8N6O4S/c17-7(15-16-5-11-13-9(16)18)4-21-10-14-12-8(20-10)6-2-1-3-19-6/h1-3,5H,4H2,(H,13,18)(H,15,17). The Morgan fingerprint density at radius 1 is 1.48 bits per heavy atom. The van der Waals surface area contributed by atoms with Crippen molar-refractivity contribution in [2.45, 2.75) is 5.22 Å². The summed E-state index contributed by atoms with van der Waals surface area (Å²) in [5, 5.41) is 13.4. The van der Waals surface area contributed by atoms with E-state index < -0.39 is 11.6 Å². The van der Waals surface area contributed by atoms with E-state index in [0.29, 0.717) is 5.76 Å². The minimum absolute atomic E-state index is 0.00257. The van der Waals surface area contributed by atoms with Crippen molar-refractivity contribution in [1.82, 2.24) is 25.1 Å². The highest BCUT2D eigenvalue weighted by atomic mass is 32.2. The van der Waals surface area contributed by atoms with Gasteiger partial charge in [-0.3, -0.25) is 10.2 Å². The Morgan fingerprint density at radius 2 is 2.38 bits per heavy atom. The zero-order valence-corrected chi connectivity index (χ0v) is 11.2. The number of furan rings is 1. The predicted molar refractivity (Wildman–Crippen MR) is 69.9 cm³/mol. The third kappa shape index (κ3) is 3.02. The van der Waals surface area contributed by atoms with Crippen LogP contribution in [0.2, 0.25) is 0 Å². The van der Waals surface area contributed by atoms with E-state index >= 15 is 0 Å². The van der Waals surface area contributed by atoms with Crippen LogP contribution in [0.4, 0.5) is 0 Å². The van der Waals surface area contributed by atoms with E-state index in [0.717, 1.165) is 22.8 Å². The Balaban J connectivity index is 1.57. The number of hydrogen-bond donors (Lipinski definition) is 2. The SMILES string of the molecule is O=C(CSc1nnc(-c2ccco2)o1)Nn1cn[nH]c1=O. The van der Waals surface area contributed by atoms with E-state index in [4.69, 9.17) is 8.83 Å². The first kappa shape index (κ1) is 13.2. The lowest BCUT2D eigenvalue weighted by Crippen LogP contribution is -2.31. The van der Waals surface area contributed by atoms with Crippen molar-refractivity contribution in [2.24, 2.45) is 0 Å². The van der Waals surface area contributed by atoms with Crippen molar-refractivity contribution < 1.29 is 13.6 Å². The van der Waals surface area contributed by atoms with Gasteiger partial charge in [-0.05, 0) is 12.1 Å². The number of hydrogen-bond acceptors (Lipinski definition) is 8. The van der Waals surface area contributed by atoms with Gasteiger partial charge in [-0.1, -0.05) is 11.8 Å². The fraction of sp³-hybridized carbons (Fsp3) is 0.100. The molecule has 21 heavy (non-hydrogen) atoms. The molecule has 0 aliphatic heterocycles. The van der Waals surface area contributed by atoms with Gasteiger partial charge in [0.05, 0.1) is 12.0 Å². The summed E-state index contributed by atoms with van der Waals surface area (Å²) >= 11 is 1.03. The monoisotopic (exact) mass is 308 g/mol. The molecule has 0 radical (unpaired) electrons. The second-order valence-corrected chi connectivity index (χ2v) is 4.63. The summed E-state index contributed by atoms with van der Waals surface area (Å²) in [4.78, 5) is 22.8. The number of amides is 1. The van der Waals surface area contributed by atoms with Gasteiger partial charge in [-0.25, -0.2) is 9.89 Å². The van der Waals surface area contributed by atoms with Crippen molar-refractivity contribution >= 4 is 17.7 Å². The lowest BCUT2D eigenvalue weighted by molar-refractivity contribution is -0.114. The molecule has 2 N–H and O–H groups in total. The molecule has 3 aromatic heterocycles. The van der Waals surface area contributed by atoms with Gasteiger partial charge in [0.15, 0.2) is 5.76 Å². The van der Waals surface area contributed by atoms with Crippen molar-refractivity contribution in [3.05, 3.63) is 35.2 Å². The second kappa shape index (κ2) is 5.66. The van der Waals surface area contributed by atoms with Gasteiger partial charge in [0, 0.05) is 0 Å². The molecule has 0 aromatic carbocycles. The first-order valence-corrected chi connectivity index (χ1v) is 6.63. The quantitative estimate of drug-likeness (QED) is 0.633. The highest BCUT2D eigenvalue weighted by Gasteiger charge is 2.13. The van der Waals surface area contributed by atoms with Crippen LogP contribution in [-0.2, 0) is 4.79 Å². The molecule has 3 heterocycles. The lowest BCUT2D eigenvalue weighted by atomic mass is 10.5. The van der Waals surface area contributed by atoms with E-state index in [2.05, 4.69) is 25.8 Å². The van der Waals surface area contributed by atoms with Gasteiger partial charge in [0.25, 0.3) is 11.1 Å². The molecule has 0 saturated heterocycles. The third-order valence-corrected chi connectivity index (χ3v) is 3.08. The molecule has 0 saturated carbocycles. The summed E-state index contributed by atoms with van der Waals surface area (Å²) in [5.74, 6) is 0.260. The van der Waals surface area contributed by atoms with Gasteiger partial charge in [0.2, 0.25) is 5.91 Å². The maximum Gasteiger partial charge on any atom is 0.362 e. The molecule has 0 spiro atoms.